The summed E-state index contributed by atoms with van der Waals surface area (Å²) in [4.78, 5) is 10.6. The van der Waals surface area contributed by atoms with E-state index in [9.17, 15) is 4.79 Å². The second-order valence-electron chi connectivity index (χ2n) is 2.18. The molecule has 1 aromatic heterocycles. The Labute approximate surface area is 108 Å². The van der Waals surface area contributed by atoms with E-state index in [2.05, 4.69) is 15.9 Å². The standard InChI is InChI=1S/C6H8NO2.Rb/c1-4(2)5-3-7-9-6(5)8;/h4,7H,1-2H3;/q-1;+1. The first kappa shape index (κ1) is 10.8. The van der Waals surface area contributed by atoms with Crippen LogP contribution >= 0.6 is 0 Å². The molecule has 0 spiro atoms. The first-order chi connectivity index (χ1) is 4.22. The van der Waals surface area contributed by atoms with Gasteiger partial charge in [0.25, 0.3) is 0 Å². The summed E-state index contributed by atoms with van der Waals surface area (Å²) in [7, 11) is 0. The molecule has 0 saturated carbocycles. The molecule has 1 rings (SSSR count). The van der Waals surface area contributed by atoms with Crippen molar-refractivity contribution in [3.63, 3.8) is 0 Å². The number of rotatable bonds is 1. The largest absolute Gasteiger partial charge is 1.00 e. The van der Waals surface area contributed by atoms with Crippen LogP contribution in [0.4, 0.5) is 0 Å². The van der Waals surface area contributed by atoms with Crippen molar-refractivity contribution in [1.82, 2.24) is 5.16 Å². The molecule has 0 aliphatic heterocycles. The van der Waals surface area contributed by atoms with E-state index in [4.69, 9.17) is 0 Å². The van der Waals surface area contributed by atoms with Gasteiger partial charge < -0.3 is 14.5 Å². The fraction of sp³-hybridized carbons (Fsp3) is 0.500. The van der Waals surface area contributed by atoms with E-state index in [1.165, 1.54) is 0 Å². The van der Waals surface area contributed by atoms with Gasteiger partial charge in [0.1, 0.15) is 0 Å². The Morgan fingerprint density at radius 3 is 2.40 bits per heavy atom. The Balaban J connectivity index is 0.000000810. The van der Waals surface area contributed by atoms with Crippen molar-refractivity contribution in [2.24, 2.45) is 0 Å². The molecule has 0 radical (unpaired) electrons. The van der Waals surface area contributed by atoms with Gasteiger partial charge in [-0.1, -0.05) is 13.8 Å². The maximum atomic E-state index is 10.6. The monoisotopic (exact) mass is 211 g/mol. The van der Waals surface area contributed by atoms with Gasteiger partial charge in [-0.2, -0.15) is 0 Å². The molecule has 10 heavy (non-hydrogen) atoms. The van der Waals surface area contributed by atoms with Gasteiger partial charge in [0.2, 0.25) is 0 Å². The molecule has 0 amide bonds. The van der Waals surface area contributed by atoms with E-state index >= 15 is 0 Å². The number of hydrogen-bond acceptors (Lipinski definition) is 2. The molecular weight excluding hydrogens is 204 g/mol. The average molecular weight is 212 g/mol. The van der Waals surface area contributed by atoms with Gasteiger partial charge >= 0.3 is 58.2 Å². The number of aromatic nitrogens is 1. The number of H-pyrrole nitrogens is 1. The molecule has 0 bridgehead atoms. The fourth-order valence-electron chi connectivity index (χ4n) is 0.613. The van der Waals surface area contributed by atoms with Crippen LogP contribution in [0.3, 0.4) is 0 Å². The van der Waals surface area contributed by atoms with Crippen molar-refractivity contribution in [3.8, 4) is 0 Å². The Kier molecular flexibility index (Phi) is 5.02. The minimum atomic E-state index is -0.315. The summed E-state index contributed by atoms with van der Waals surface area (Å²) >= 11 is 0. The van der Waals surface area contributed by atoms with Gasteiger partial charge in [-0.05, 0) is 5.92 Å². The molecular formula is C6H8NO2Rb. The van der Waals surface area contributed by atoms with E-state index in [0.29, 0.717) is 5.56 Å². The third kappa shape index (κ3) is 2.45. The topological polar surface area (TPSA) is 46.0 Å². The second-order valence-corrected chi connectivity index (χ2v) is 2.18. The second kappa shape index (κ2) is 4.64. The molecule has 0 aliphatic carbocycles. The zero-order valence-electron chi connectivity index (χ0n) is 6.39. The number of hydrogen-bond donors (Lipinski definition) is 1. The molecule has 1 N–H and O–H groups in total. The summed E-state index contributed by atoms with van der Waals surface area (Å²) in [5.74, 6) is 0.187. The first-order valence-electron chi connectivity index (χ1n) is 2.81. The molecule has 0 aliphatic rings. The molecule has 50 valence electrons. The van der Waals surface area contributed by atoms with Crippen molar-refractivity contribution in [3.05, 3.63) is 22.2 Å². The Hall–Kier alpha value is 0.815. The van der Waals surface area contributed by atoms with Crippen LogP contribution < -0.4 is 63.8 Å². The van der Waals surface area contributed by atoms with Crippen LogP contribution in [0.5, 0.6) is 0 Å². The maximum Gasteiger partial charge on any atom is 1.00 e. The van der Waals surface area contributed by atoms with E-state index in [1.807, 2.05) is 13.8 Å². The SMILES string of the molecule is CC(C)c1[c-][nH]oc1=O.[Rb+]. The van der Waals surface area contributed by atoms with Gasteiger partial charge in [0.05, 0.1) is 0 Å². The third-order valence-electron chi connectivity index (χ3n) is 1.13. The minimum absolute atomic E-state index is 0. The molecule has 0 atom stereocenters. The fourth-order valence-corrected chi connectivity index (χ4v) is 0.613. The summed E-state index contributed by atoms with van der Waals surface area (Å²) in [6.07, 6.45) is 2.60. The molecule has 0 fully saturated rings. The first-order valence-corrected chi connectivity index (χ1v) is 2.81. The Morgan fingerprint density at radius 1 is 1.60 bits per heavy atom. The van der Waals surface area contributed by atoms with E-state index < -0.39 is 0 Å². The van der Waals surface area contributed by atoms with Crippen molar-refractivity contribution < 1.29 is 62.7 Å². The maximum absolute atomic E-state index is 10.6. The quantitative estimate of drug-likeness (QED) is 0.541. The van der Waals surface area contributed by atoms with Crippen LogP contribution in [0.2, 0.25) is 0 Å². The van der Waals surface area contributed by atoms with Crippen molar-refractivity contribution in [2.45, 2.75) is 19.8 Å². The number of nitrogens with one attached hydrogen (secondary N) is 1. The minimum Gasteiger partial charge on any atom is -0.449 e. The Bertz CT molecular complexity index is 238. The van der Waals surface area contributed by atoms with Crippen LogP contribution in [0.1, 0.15) is 25.3 Å². The van der Waals surface area contributed by atoms with Crippen LogP contribution in [0.25, 0.3) is 0 Å². The van der Waals surface area contributed by atoms with Crippen LogP contribution in [0.15, 0.2) is 9.32 Å². The van der Waals surface area contributed by atoms with E-state index in [0.717, 1.165) is 0 Å². The zero-order valence-corrected chi connectivity index (χ0v) is 11.3. The Morgan fingerprint density at radius 2 is 2.20 bits per heavy atom. The number of aromatic amines is 1. The summed E-state index contributed by atoms with van der Waals surface area (Å²) < 4.78 is 4.39. The van der Waals surface area contributed by atoms with Gasteiger partial charge in [-0.3, -0.25) is 0 Å². The third-order valence-corrected chi connectivity index (χ3v) is 1.13. The zero-order chi connectivity index (χ0) is 6.85. The summed E-state index contributed by atoms with van der Waals surface area (Å²) in [6, 6.07) is 0. The predicted octanol–water partition coefficient (Wildman–Crippen LogP) is -2.10. The van der Waals surface area contributed by atoms with E-state index in [-0.39, 0.29) is 69.7 Å². The van der Waals surface area contributed by atoms with Gasteiger partial charge in [-0.15, -0.1) is 11.8 Å². The molecule has 1 heterocycles. The molecule has 4 heteroatoms. The van der Waals surface area contributed by atoms with Crippen molar-refractivity contribution >= 4 is 0 Å². The van der Waals surface area contributed by atoms with Crippen LogP contribution in [0, 0.1) is 6.20 Å². The molecule has 0 aromatic carbocycles. The van der Waals surface area contributed by atoms with Crippen LogP contribution in [-0.4, -0.2) is 5.16 Å². The molecule has 0 unspecified atom stereocenters. The van der Waals surface area contributed by atoms with E-state index in [1.54, 1.807) is 0 Å². The van der Waals surface area contributed by atoms with Crippen molar-refractivity contribution in [1.29, 1.82) is 0 Å². The molecule has 3 nitrogen and oxygen atoms in total. The molecule has 0 saturated heterocycles. The summed E-state index contributed by atoms with van der Waals surface area (Å²) in [6.45, 7) is 3.83. The van der Waals surface area contributed by atoms with Crippen molar-refractivity contribution in [2.75, 3.05) is 0 Å². The van der Waals surface area contributed by atoms with Crippen LogP contribution in [-0.2, 0) is 0 Å². The summed E-state index contributed by atoms with van der Waals surface area (Å²) in [5, 5.41) is 2.27. The van der Waals surface area contributed by atoms with Gasteiger partial charge in [0.15, 0.2) is 5.63 Å². The average Bonchev–Trinajstić information content (AvgIpc) is 2.13. The van der Waals surface area contributed by atoms with Gasteiger partial charge in [0, 0.05) is 0 Å². The predicted molar refractivity (Wildman–Crippen MR) is 32.3 cm³/mol. The summed E-state index contributed by atoms with van der Waals surface area (Å²) in [5.41, 5.74) is 0.264. The smallest absolute Gasteiger partial charge is 0.449 e. The molecule has 1 aromatic rings. The van der Waals surface area contributed by atoms with Gasteiger partial charge in [-0.25, -0.2) is 0 Å². The normalized spacial score (nSPS) is 9.50.